The van der Waals surface area contributed by atoms with E-state index >= 15 is 0 Å². The minimum atomic E-state index is -3.08. The quantitative estimate of drug-likeness (QED) is 0.476. The number of carbonyl (C=O) groups is 1. The van der Waals surface area contributed by atoms with Gasteiger partial charge in [0, 0.05) is 6.20 Å². The highest BCUT2D eigenvalue weighted by molar-refractivity contribution is 6.34. The Morgan fingerprint density at radius 3 is 2.65 bits per heavy atom. The van der Waals surface area contributed by atoms with E-state index in [1.807, 2.05) is 0 Å². The molecule has 0 aliphatic carbocycles. The van der Waals surface area contributed by atoms with E-state index in [2.05, 4.69) is 9.72 Å². The second-order valence-corrected chi connectivity index (χ2v) is 3.15. The molecule has 6 nitrogen and oxygen atoms in total. The average Bonchev–Trinajstić information content (AvgIpc) is 2.26. The Morgan fingerprint density at radius 1 is 1.65 bits per heavy atom. The lowest BCUT2D eigenvalue weighted by Crippen LogP contribution is -2.09. The van der Waals surface area contributed by atoms with Crippen molar-refractivity contribution in [3.8, 4) is 0 Å². The molecule has 0 atom stereocenters. The SMILES string of the molecule is COC(=O)c1cnc(C(F)F)c(Cl)c1[N+](=O)[O-]. The van der Waals surface area contributed by atoms with Gasteiger partial charge in [-0.05, 0) is 0 Å². The summed E-state index contributed by atoms with van der Waals surface area (Å²) < 4.78 is 29.1. The van der Waals surface area contributed by atoms with Crippen LogP contribution in [0.1, 0.15) is 22.5 Å². The Bertz CT molecular complexity index is 481. The van der Waals surface area contributed by atoms with Crippen LogP contribution >= 0.6 is 11.6 Å². The molecule has 0 saturated heterocycles. The van der Waals surface area contributed by atoms with Crippen molar-refractivity contribution < 1.29 is 23.2 Å². The minimum Gasteiger partial charge on any atom is -0.465 e. The predicted molar refractivity (Wildman–Crippen MR) is 52.2 cm³/mol. The number of methoxy groups -OCH3 is 1. The van der Waals surface area contributed by atoms with Crippen molar-refractivity contribution in [2.45, 2.75) is 6.43 Å². The molecule has 0 N–H and O–H groups in total. The average molecular weight is 267 g/mol. The molecule has 17 heavy (non-hydrogen) atoms. The first-order chi connectivity index (χ1) is 7.90. The summed E-state index contributed by atoms with van der Waals surface area (Å²) >= 11 is 5.41. The van der Waals surface area contributed by atoms with Crippen molar-refractivity contribution >= 4 is 23.3 Å². The van der Waals surface area contributed by atoms with Gasteiger partial charge < -0.3 is 4.74 Å². The normalized spacial score (nSPS) is 10.4. The monoisotopic (exact) mass is 266 g/mol. The standard InChI is InChI=1S/C8H5ClF2N2O4/c1-17-8(14)3-2-12-5(7(10)11)4(9)6(3)13(15)16/h2,7H,1H3. The zero-order valence-electron chi connectivity index (χ0n) is 8.32. The number of hydrogen-bond donors (Lipinski definition) is 0. The fourth-order valence-corrected chi connectivity index (χ4v) is 1.38. The maximum Gasteiger partial charge on any atom is 0.346 e. The van der Waals surface area contributed by atoms with Gasteiger partial charge in [0.15, 0.2) is 5.56 Å². The summed E-state index contributed by atoms with van der Waals surface area (Å²) in [5, 5.41) is 9.81. The van der Waals surface area contributed by atoms with Crippen LogP contribution in [-0.2, 0) is 4.74 Å². The number of esters is 1. The molecule has 0 amide bonds. The van der Waals surface area contributed by atoms with Crippen LogP contribution in [0.15, 0.2) is 6.20 Å². The first kappa shape index (κ1) is 13.2. The van der Waals surface area contributed by atoms with Crippen LogP contribution in [0.2, 0.25) is 5.02 Å². The van der Waals surface area contributed by atoms with Crippen molar-refractivity contribution in [2.24, 2.45) is 0 Å². The van der Waals surface area contributed by atoms with E-state index in [4.69, 9.17) is 11.6 Å². The third-order valence-electron chi connectivity index (χ3n) is 1.82. The molecule has 0 aliphatic rings. The minimum absolute atomic E-state index is 0.577. The summed E-state index contributed by atoms with van der Waals surface area (Å²) in [6.07, 6.45) is -2.44. The van der Waals surface area contributed by atoms with Crippen molar-refractivity contribution in [3.63, 3.8) is 0 Å². The first-order valence-electron chi connectivity index (χ1n) is 4.09. The lowest BCUT2D eigenvalue weighted by atomic mass is 10.2. The Kier molecular flexibility index (Phi) is 3.89. The zero-order chi connectivity index (χ0) is 13.2. The third-order valence-corrected chi connectivity index (χ3v) is 2.19. The van der Waals surface area contributed by atoms with Gasteiger partial charge in [-0.25, -0.2) is 13.6 Å². The lowest BCUT2D eigenvalue weighted by Gasteiger charge is -2.06. The number of alkyl halides is 2. The van der Waals surface area contributed by atoms with Gasteiger partial charge in [-0.15, -0.1) is 0 Å². The van der Waals surface area contributed by atoms with Gasteiger partial charge in [0.2, 0.25) is 0 Å². The number of aromatic nitrogens is 1. The van der Waals surface area contributed by atoms with Crippen LogP contribution in [0.4, 0.5) is 14.5 Å². The second kappa shape index (κ2) is 5.00. The van der Waals surface area contributed by atoms with Crippen molar-refractivity contribution in [1.29, 1.82) is 0 Å². The van der Waals surface area contributed by atoms with E-state index in [-0.39, 0.29) is 0 Å². The summed E-state index contributed by atoms with van der Waals surface area (Å²) in [5.41, 5.74) is -2.47. The van der Waals surface area contributed by atoms with E-state index < -0.39 is 39.3 Å². The number of ether oxygens (including phenoxy) is 1. The Labute approximate surface area is 98.3 Å². The predicted octanol–water partition coefficient (Wildman–Crippen LogP) is 2.37. The van der Waals surface area contributed by atoms with Crippen LogP contribution in [0.3, 0.4) is 0 Å². The van der Waals surface area contributed by atoms with Crippen LogP contribution in [0.25, 0.3) is 0 Å². The Hall–Kier alpha value is -1.83. The number of pyridine rings is 1. The van der Waals surface area contributed by atoms with E-state index in [1.165, 1.54) is 0 Å². The molecular formula is C8H5ClF2N2O4. The Morgan fingerprint density at radius 2 is 2.24 bits per heavy atom. The summed E-state index contributed by atoms with van der Waals surface area (Å²) in [5.74, 6) is -1.08. The fourth-order valence-electron chi connectivity index (χ4n) is 1.08. The van der Waals surface area contributed by atoms with E-state index in [9.17, 15) is 23.7 Å². The van der Waals surface area contributed by atoms with E-state index in [0.717, 1.165) is 7.11 Å². The number of nitrogens with zero attached hydrogens (tertiary/aromatic N) is 2. The molecule has 0 fully saturated rings. The molecule has 1 rings (SSSR count). The molecule has 1 heterocycles. The molecule has 92 valence electrons. The van der Waals surface area contributed by atoms with Gasteiger partial charge >= 0.3 is 11.7 Å². The highest BCUT2D eigenvalue weighted by Gasteiger charge is 2.30. The molecule has 1 aromatic heterocycles. The lowest BCUT2D eigenvalue weighted by molar-refractivity contribution is -0.385. The number of hydrogen-bond acceptors (Lipinski definition) is 5. The molecule has 0 unspecified atom stereocenters. The summed E-state index contributed by atoms with van der Waals surface area (Å²) in [6.45, 7) is 0. The highest BCUT2D eigenvalue weighted by Crippen LogP contribution is 2.35. The number of rotatable bonds is 3. The molecule has 0 aliphatic heterocycles. The molecule has 0 saturated carbocycles. The first-order valence-corrected chi connectivity index (χ1v) is 4.47. The molecular weight excluding hydrogens is 262 g/mol. The number of halogens is 3. The van der Waals surface area contributed by atoms with Crippen LogP contribution in [-0.4, -0.2) is 23.0 Å². The maximum atomic E-state index is 12.4. The van der Waals surface area contributed by atoms with Crippen LogP contribution in [0.5, 0.6) is 0 Å². The van der Waals surface area contributed by atoms with E-state index in [0.29, 0.717) is 6.20 Å². The number of nitro groups is 1. The van der Waals surface area contributed by atoms with Crippen molar-refractivity contribution in [1.82, 2.24) is 4.98 Å². The third kappa shape index (κ3) is 2.47. The van der Waals surface area contributed by atoms with Gasteiger partial charge in [0.05, 0.1) is 12.0 Å². The molecule has 1 aromatic rings. The fraction of sp³-hybridized carbons (Fsp3) is 0.250. The number of carbonyl (C=O) groups excluding carboxylic acids is 1. The van der Waals surface area contributed by atoms with Gasteiger partial charge in [-0.2, -0.15) is 0 Å². The van der Waals surface area contributed by atoms with Crippen molar-refractivity contribution in [3.05, 3.63) is 32.6 Å². The Balaban J connectivity index is 3.50. The van der Waals surface area contributed by atoms with Gasteiger partial charge in [0.25, 0.3) is 6.43 Å². The van der Waals surface area contributed by atoms with Gasteiger partial charge in [-0.1, -0.05) is 11.6 Å². The molecule has 9 heteroatoms. The summed E-state index contributed by atoms with van der Waals surface area (Å²) in [7, 11) is 0.987. The van der Waals surface area contributed by atoms with Gasteiger partial charge in [-0.3, -0.25) is 15.1 Å². The van der Waals surface area contributed by atoms with Crippen LogP contribution < -0.4 is 0 Å². The molecule has 0 radical (unpaired) electrons. The smallest absolute Gasteiger partial charge is 0.346 e. The zero-order valence-corrected chi connectivity index (χ0v) is 9.07. The van der Waals surface area contributed by atoms with E-state index in [1.54, 1.807) is 0 Å². The summed E-state index contributed by atoms with van der Waals surface area (Å²) in [4.78, 5) is 24.0. The van der Waals surface area contributed by atoms with Crippen LogP contribution in [0, 0.1) is 10.1 Å². The van der Waals surface area contributed by atoms with Gasteiger partial charge in [0.1, 0.15) is 10.7 Å². The van der Waals surface area contributed by atoms with Crippen molar-refractivity contribution in [2.75, 3.05) is 7.11 Å². The highest BCUT2D eigenvalue weighted by atomic mass is 35.5. The topological polar surface area (TPSA) is 82.3 Å². The maximum absolute atomic E-state index is 12.4. The molecule has 0 bridgehead atoms. The largest absolute Gasteiger partial charge is 0.465 e. The summed E-state index contributed by atoms with van der Waals surface area (Å²) in [6, 6.07) is 0. The molecule has 0 spiro atoms. The second-order valence-electron chi connectivity index (χ2n) is 2.77. The molecule has 0 aromatic carbocycles.